The van der Waals surface area contributed by atoms with Crippen molar-refractivity contribution >= 4 is 17.7 Å². The van der Waals surface area contributed by atoms with Crippen molar-refractivity contribution in [3.63, 3.8) is 0 Å². The number of hydrogen-bond acceptors (Lipinski definition) is 2. The fourth-order valence-electron chi connectivity index (χ4n) is 0.936. The molecule has 1 amide bonds. The van der Waals surface area contributed by atoms with Gasteiger partial charge in [0, 0.05) is 5.88 Å². The predicted octanol–water partition coefficient (Wildman–Crippen LogP) is 3.16. The maximum Gasteiger partial charge on any atom is 0.407 e. The van der Waals surface area contributed by atoms with Crippen LogP contribution in [0.15, 0.2) is 0 Å². The monoisotopic (exact) mass is 235 g/mol. The van der Waals surface area contributed by atoms with Gasteiger partial charge < -0.3 is 10.1 Å². The molecule has 0 aromatic heterocycles. The van der Waals surface area contributed by atoms with E-state index in [1.54, 1.807) is 0 Å². The molecule has 0 aliphatic carbocycles. The molecular formula is C11H22ClNO2. The van der Waals surface area contributed by atoms with Crippen molar-refractivity contribution in [2.24, 2.45) is 5.41 Å². The van der Waals surface area contributed by atoms with E-state index in [-0.39, 0.29) is 11.5 Å². The molecule has 0 bridgehead atoms. The minimum absolute atomic E-state index is 0.0708. The zero-order chi connectivity index (χ0) is 12.3. The molecule has 0 fully saturated rings. The summed E-state index contributed by atoms with van der Waals surface area (Å²) in [4.78, 5) is 11.5. The summed E-state index contributed by atoms with van der Waals surface area (Å²) >= 11 is 5.80. The van der Waals surface area contributed by atoms with Gasteiger partial charge in [-0.1, -0.05) is 20.8 Å². The Morgan fingerprint density at radius 3 is 2.00 bits per heavy atom. The maximum atomic E-state index is 11.5. The van der Waals surface area contributed by atoms with Crippen molar-refractivity contribution in [1.82, 2.24) is 5.32 Å². The van der Waals surface area contributed by atoms with Gasteiger partial charge >= 0.3 is 6.09 Å². The minimum Gasteiger partial charge on any atom is -0.444 e. The van der Waals surface area contributed by atoms with E-state index in [0.717, 1.165) is 0 Å². The molecule has 1 unspecified atom stereocenters. The number of halogens is 1. The van der Waals surface area contributed by atoms with Crippen molar-refractivity contribution in [3.05, 3.63) is 0 Å². The van der Waals surface area contributed by atoms with Crippen LogP contribution in [0.1, 0.15) is 41.5 Å². The third-order valence-electron chi connectivity index (χ3n) is 1.89. The molecule has 15 heavy (non-hydrogen) atoms. The lowest BCUT2D eigenvalue weighted by molar-refractivity contribution is 0.0474. The lowest BCUT2D eigenvalue weighted by atomic mass is 9.88. The van der Waals surface area contributed by atoms with Crippen LogP contribution < -0.4 is 5.32 Å². The van der Waals surface area contributed by atoms with Crippen LogP contribution in [0.3, 0.4) is 0 Å². The first-order chi connectivity index (χ1) is 6.56. The molecule has 1 atom stereocenters. The van der Waals surface area contributed by atoms with E-state index in [1.165, 1.54) is 0 Å². The highest BCUT2D eigenvalue weighted by atomic mass is 35.5. The van der Waals surface area contributed by atoms with Crippen LogP contribution in [0.5, 0.6) is 0 Å². The second-order valence-electron chi connectivity index (χ2n) is 5.72. The summed E-state index contributed by atoms with van der Waals surface area (Å²) in [5.74, 6) is 0.378. The zero-order valence-corrected chi connectivity index (χ0v) is 11.2. The molecule has 0 spiro atoms. The Morgan fingerprint density at radius 2 is 1.73 bits per heavy atom. The fourth-order valence-corrected chi connectivity index (χ4v) is 1.48. The van der Waals surface area contributed by atoms with Gasteiger partial charge in [0.2, 0.25) is 0 Å². The molecule has 0 aromatic rings. The predicted molar refractivity (Wildman–Crippen MR) is 63.3 cm³/mol. The number of alkyl halides is 1. The fraction of sp³-hybridized carbons (Fsp3) is 0.909. The van der Waals surface area contributed by atoms with Crippen LogP contribution in [0.2, 0.25) is 0 Å². The molecule has 0 aliphatic heterocycles. The Labute approximate surface area is 97.5 Å². The van der Waals surface area contributed by atoms with Gasteiger partial charge in [-0.25, -0.2) is 4.79 Å². The quantitative estimate of drug-likeness (QED) is 0.747. The number of carbonyl (C=O) groups is 1. The van der Waals surface area contributed by atoms with Crippen LogP contribution in [0.4, 0.5) is 4.79 Å². The van der Waals surface area contributed by atoms with E-state index < -0.39 is 11.7 Å². The summed E-state index contributed by atoms with van der Waals surface area (Å²) in [6, 6.07) is -0.0889. The smallest absolute Gasteiger partial charge is 0.407 e. The largest absolute Gasteiger partial charge is 0.444 e. The van der Waals surface area contributed by atoms with Gasteiger partial charge in [-0.2, -0.15) is 0 Å². The second kappa shape index (κ2) is 5.06. The Bertz CT molecular complexity index is 216. The number of nitrogens with one attached hydrogen (secondary N) is 1. The van der Waals surface area contributed by atoms with E-state index >= 15 is 0 Å². The summed E-state index contributed by atoms with van der Waals surface area (Å²) in [7, 11) is 0. The topological polar surface area (TPSA) is 38.3 Å². The first-order valence-corrected chi connectivity index (χ1v) is 5.65. The van der Waals surface area contributed by atoms with Crippen LogP contribution in [0, 0.1) is 5.41 Å². The molecule has 0 saturated carbocycles. The Balaban J connectivity index is 4.27. The van der Waals surface area contributed by atoms with Gasteiger partial charge in [0.15, 0.2) is 0 Å². The van der Waals surface area contributed by atoms with Crippen molar-refractivity contribution in [1.29, 1.82) is 0 Å². The van der Waals surface area contributed by atoms with Crippen molar-refractivity contribution < 1.29 is 9.53 Å². The highest BCUT2D eigenvalue weighted by Gasteiger charge is 2.27. The van der Waals surface area contributed by atoms with E-state index in [2.05, 4.69) is 5.32 Å². The molecule has 1 N–H and O–H groups in total. The highest BCUT2D eigenvalue weighted by Crippen LogP contribution is 2.20. The van der Waals surface area contributed by atoms with Crippen LogP contribution in [-0.4, -0.2) is 23.6 Å². The van der Waals surface area contributed by atoms with Gasteiger partial charge in [0.05, 0.1) is 6.04 Å². The molecular weight excluding hydrogens is 214 g/mol. The standard InChI is InChI=1S/C11H22ClNO2/c1-10(2,3)8(7-12)13-9(14)15-11(4,5)6/h8H,7H2,1-6H3,(H,13,14). The first kappa shape index (κ1) is 14.6. The molecule has 0 radical (unpaired) electrons. The van der Waals surface area contributed by atoms with Crippen LogP contribution in [-0.2, 0) is 4.74 Å². The average Bonchev–Trinajstić information content (AvgIpc) is 1.94. The first-order valence-electron chi connectivity index (χ1n) is 5.12. The van der Waals surface area contributed by atoms with Crippen LogP contribution in [0.25, 0.3) is 0 Å². The number of alkyl carbamates (subject to hydrolysis) is 1. The van der Waals surface area contributed by atoms with Crippen LogP contribution >= 0.6 is 11.6 Å². The third kappa shape index (κ3) is 6.61. The Hall–Kier alpha value is -0.440. The lowest BCUT2D eigenvalue weighted by Crippen LogP contribution is -2.46. The number of ether oxygens (including phenoxy) is 1. The molecule has 0 heterocycles. The number of rotatable bonds is 2. The van der Waals surface area contributed by atoms with E-state index in [0.29, 0.717) is 5.88 Å². The Kier molecular flexibility index (Phi) is 4.91. The normalized spacial score (nSPS) is 14.6. The van der Waals surface area contributed by atoms with Gasteiger partial charge in [0.25, 0.3) is 0 Å². The van der Waals surface area contributed by atoms with E-state index in [1.807, 2.05) is 41.5 Å². The Morgan fingerprint density at radius 1 is 1.27 bits per heavy atom. The maximum absolute atomic E-state index is 11.5. The summed E-state index contributed by atoms with van der Waals surface area (Å²) < 4.78 is 5.16. The number of hydrogen-bond donors (Lipinski definition) is 1. The molecule has 0 aliphatic rings. The summed E-state index contributed by atoms with van der Waals surface area (Å²) in [6.45, 7) is 11.6. The molecule has 0 saturated heterocycles. The average molecular weight is 236 g/mol. The summed E-state index contributed by atoms with van der Waals surface area (Å²) in [5.41, 5.74) is -0.544. The molecule has 90 valence electrons. The van der Waals surface area contributed by atoms with Crippen molar-refractivity contribution in [3.8, 4) is 0 Å². The molecule has 0 aromatic carbocycles. The number of carbonyl (C=O) groups excluding carboxylic acids is 1. The van der Waals surface area contributed by atoms with Crippen molar-refractivity contribution in [2.45, 2.75) is 53.2 Å². The molecule has 3 nitrogen and oxygen atoms in total. The summed E-state index contributed by atoms with van der Waals surface area (Å²) in [5, 5.41) is 2.77. The third-order valence-corrected chi connectivity index (χ3v) is 2.20. The molecule has 0 rings (SSSR count). The molecule has 4 heteroatoms. The second-order valence-corrected chi connectivity index (χ2v) is 6.03. The lowest BCUT2D eigenvalue weighted by Gasteiger charge is -2.30. The minimum atomic E-state index is -0.473. The van der Waals surface area contributed by atoms with E-state index in [4.69, 9.17) is 16.3 Å². The van der Waals surface area contributed by atoms with Gasteiger partial charge in [-0.15, -0.1) is 11.6 Å². The number of amides is 1. The van der Waals surface area contributed by atoms with E-state index in [9.17, 15) is 4.79 Å². The summed E-state index contributed by atoms with van der Waals surface area (Å²) in [6.07, 6.45) is -0.414. The van der Waals surface area contributed by atoms with Gasteiger partial charge in [0.1, 0.15) is 5.60 Å². The zero-order valence-electron chi connectivity index (χ0n) is 10.5. The van der Waals surface area contributed by atoms with Gasteiger partial charge in [-0.3, -0.25) is 0 Å². The van der Waals surface area contributed by atoms with Crippen molar-refractivity contribution in [2.75, 3.05) is 5.88 Å². The SMILES string of the molecule is CC(C)(C)OC(=O)NC(CCl)C(C)(C)C. The highest BCUT2D eigenvalue weighted by molar-refractivity contribution is 6.18. The van der Waals surface area contributed by atoms with Gasteiger partial charge in [-0.05, 0) is 26.2 Å².